The number of nitrogens with zero attached hydrogens (tertiary/aromatic N) is 5. The number of aromatic nitrogens is 6. The van der Waals surface area contributed by atoms with Crippen LogP contribution in [0.3, 0.4) is 0 Å². The second kappa shape index (κ2) is 8.91. The number of hydrogen-bond donors (Lipinski definition) is 3. The van der Waals surface area contributed by atoms with E-state index in [-0.39, 0.29) is 12.1 Å². The standard InChI is InChI=1S/C24H22N8O/c1-32-23(29-30-31-32)17-10-7-11-18(15-17)25-24(33)28-21(14-16-8-3-2-4-9-16)22-26-19-12-5-6-13-20(19)27-22/h2-13,15,21H,14H2,1H3,(H,26,27)(H2,25,28,33). The third-order valence-electron chi connectivity index (χ3n) is 5.32. The van der Waals surface area contributed by atoms with E-state index >= 15 is 0 Å². The number of H-pyrrole nitrogens is 1. The summed E-state index contributed by atoms with van der Waals surface area (Å²) in [5, 5.41) is 17.5. The number of hydrogen-bond acceptors (Lipinski definition) is 5. The molecule has 3 aromatic carbocycles. The van der Waals surface area contributed by atoms with Crippen molar-refractivity contribution in [2.24, 2.45) is 7.05 Å². The number of rotatable bonds is 6. The quantitative estimate of drug-likeness (QED) is 0.373. The van der Waals surface area contributed by atoms with Gasteiger partial charge in [0.25, 0.3) is 0 Å². The molecule has 5 aromatic rings. The number of imidazole rings is 1. The highest BCUT2D eigenvalue weighted by Gasteiger charge is 2.19. The van der Waals surface area contributed by atoms with Crippen LogP contribution in [0.25, 0.3) is 22.4 Å². The molecule has 33 heavy (non-hydrogen) atoms. The zero-order valence-electron chi connectivity index (χ0n) is 17.9. The van der Waals surface area contributed by atoms with Crippen molar-refractivity contribution in [1.29, 1.82) is 0 Å². The van der Waals surface area contributed by atoms with E-state index in [0.717, 1.165) is 22.2 Å². The molecule has 2 aromatic heterocycles. The van der Waals surface area contributed by atoms with Gasteiger partial charge in [0.2, 0.25) is 0 Å². The fraction of sp³-hybridized carbons (Fsp3) is 0.125. The first-order valence-electron chi connectivity index (χ1n) is 10.5. The number of benzene rings is 3. The Balaban J connectivity index is 1.37. The van der Waals surface area contributed by atoms with E-state index in [0.29, 0.717) is 23.8 Å². The van der Waals surface area contributed by atoms with Gasteiger partial charge >= 0.3 is 6.03 Å². The van der Waals surface area contributed by atoms with Crippen LogP contribution in [0, 0.1) is 0 Å². The number of nitrogens with one attached hydrogen (secondary N) is 3. The Hall–Kier alpha value is -4.53. The van der Waals surface area contributed by atoms with Crippen molar-refractivity contribution in [3.05, 3.63) is 90.3 Å². The number of anilines is 1. The van der Waals surface area contributed by atoms with Crippen molar-refractivity contribution in [1.82, 2.24) is 35.5 Å². The Morgan fingerprint density at radius 2 is 1.85 bits per heavy atom. The fourth-order valence-electron chi connectivity index (χ4n) is 3.74. The highest BCUT2D eigenvalue weighted by Crippen LogP contribution is 2.22. The summed E-state index contributed by atoms with van der Waals surface area (Å²) >= 11 is 0. The highest BCUT2D eigenvalue weighted by molar-refractivity contribution is 5.90. The molecule has 0 spiro atoms. The molecule has 2 heterocycles. The molecular weight excluding hydrogens is 416 g/mol. The molecule has 1 unspecified atom stereocenters. The summed E-state index contributed by atoms with van der Waals surface area (Å²) in [4.78, 5) is 21.0. The average Bonchev–Trinajstić information content (AvgIpc) is 3.45. The van der Waals surface area contributed by atoms with Gasteiger partial charge in [-0.05, 0) is 46.7 Å². The van der Waals surface area contributed by atoms with Crippen LogP contribution in [0.1, 0.15) is 17.4 Å². The number of carbonyl (C=O) groups excluding carboxylic acids is 1. The minimum absolute atomic E-state index is 0.329. The molecule has 164 valence electrons. The molecule has 0 aliphatic rings. The number of tetrazole rings is 1. The van der Waals surface area contributed by atoms with Crippen molar-refractivity contribution in [3.8, 4) is 11.4 Å². The minimum atomic E-state index is -0.342. The molecule has 0 saturated heterocycles. The van der Waals surface area contributed by atoms with E-state index in [1.54, 1.807) is 11.7 Å². The van der Waals surface area contributed by atoms with Gasteiger partial charge in [-0.1, -0.05) is 54.6 Å². The van der Waals surface area contributed by atoms with Crippen LogP contribution in [0.15, 0.2) is 78.9 Å². The van der Waals surface area contributed by atoms with Gasteiger partial charge in [0, 0.05) is 18.3 Å². The zero-order valence-corrected chi connectivity index (χ0v) is 17.9. The largest absolute Gasteiger partial charge is 0.340 e. The number of fused-ring (bicyclic) bond motifs is 1. The zero-order chi connectivity index (χ0) is 22.6. The predicted octanol–water partition coefficient (Wildman–Crippen LogP) is 3.86. The molecule has 1 atom stereocenters. The van der Waals surface area contributed by atoms with Gasteiger partial charge in [0.15, 0.2) is 5.82 Å². The van der Waals surface area contributed by atoms with Gasteiger partial charge in [-0.2, -0.15) is 0 Å². The Morgan fingerprint density at radius 1 is 1.03 bits per heavy atom. The van der Waals surface area contributed by atoms with Crippen molar-refractivity contribution < 1.29 is 4.79 Å². The number of amides is 2. The van der Waals surface area contributed by atoms with E-state index in [1.807, 2.05) is 78.9 Å². The van der Waals surface area contributed by atoms with Crippen molar-refractivity contribution in [2.45, 2.75) is 12.5 Å². The normalized spacial score (nSPS) is 11.9. The Labute approximate surface area is 189 Å². The molecular formula is C24H22N8O. The molecule has 0 aliphatic carbocycles. The van der Waals surface area contributed by atoms with E-state index in [2.05, 4.69) is 31.1 Å². The highest BCUT2D eigenvalue weighted by atomic mass is 16.2. The minimum Gasteiger partial charge on any atom is -0.340 e. The fourth-order valence-corrected chi connectivity index (χ4v) is 3.74. The number of para-hydroxylation sites is 2. The van der Waals surface area contributed by atoms with Crippen LogP contribution in [-0.2, 0) is 13.5 Å². The van der Waals surface area contributed by atoms with Gasteiger partial charge in [0.1, 0.15) is 5.82 Å². The molecule has 9 heteroatoms. The lowest BCUT2D eigenvalue weighted by atomic mass is 10.1. The van der Waals surface area contributed by atoms with Crippen LogP contribution < -0.4 is 10.6 Å². The monoisotopic (exact) mass is 438 g/mol. The lowest BCUT2D eigenvalue weighted by Gasteiger charge is -2.18. The van der Waals surface area contributed by atoms with Gasteiger partial charge < -0.3 is 15.6 Å². The molecule has 3 N–H and O–H groups in total. The molecule has 0 aliphatic heterocycles. The summed E-state index contributed by atoms with van der Waals surface area (Å²) < 4.78 is 1.58. The van der Waals surface area contributed by atoms with Gasteiger partial charge in [-0.3, -0.25) is 0 Å². The van der Waals surface area contributed by atoms with Crippen molar-refractivity contribution >= 4 is 22.8 Å². The molecule has 0 radical (unpaired) electrons. The molecule has 9 nitrogen and oxygen atoms in total. The van der Waals surface area contributed by atoms with Gasteiger partial charge in [-0.25, -0.2) is 14.5 Å². The Morgan fingerprint density at radius 3 is 2.64 bits per heavy atom. The average molecular weight is 438 g/mol. The summed E-state index contributed by atoms with van der Waals surface area (Å²) in [6, 6.07) is 24.5. The van der Waals surface area contributed by atoms with Crippen molar-refractivity contribution in [3.63, 3.8) is 0 Å². The lowest BCUT2D eigenvalue weighted by Crippen LogP contribution is -2.34. The number of aromatic amines is 1. The van der Waals surface area contributed by atoms with Gasteiger partial charge in [-0.15, -0.1) is 5.10 Å². The van der Waals surface area contributed by atoms with Crippen LogP contribution in [0.5, 0.6) is 0 Å². The molecule has 0 bridgehead atoms. The molecule has 0 fully saturated rings. The van der Waals surface area contributed by atoms with E-state index < -0.39 is 0 Å². The van der Waals surface area contributed by atoms with Crippen molar-refractivity contribution in [2.75, 3.05) is 5.32 Å². The number of carbonyl (C=O) groups is 1. The van der Waals surface area contributed by atoms with E-state index in [1.165, 1.54) is 0 Å². The molecule has 5 rings (SSSR count). The first-order valence-corrected chi connectivity index (χ1v) is 10.5. The molecule has 0 saturated carbocycles. The Bertz CT molecular complexity index is 1360. The summed E-state index contributed by atoms with van der Waals surface area (Å²) in [6.45, 7) is 0. The van der Waals surface area contributed by atoms with Crippen LogP contribution in [-0.4, -0.2) is 36.2 Å². The summed E-state index contributed by atoms with van der Waals surface area (Å²) in [7, 11) is 1.77. The smallest absolute Gasteiger partial charge is 0.319 e. The number of aryl methyl sites for hydroxylation is 1. The van der Waals surface area contributed by atoms with E-state index in [4.69, 9.17) is 4.98 Å². The van der Waals surface area contributed by atoms with Gasteiger partial charge in [0.05, 0.1) is 17.1 Å². The molecule has 2 amide bonds. The SMILES string of the molecule is Cn1nnnc1-c1cccc(NC(=O)NC(Cc2ccccc2)c2nc3ccccc3[nH]2)c1. The maximum absolute atomic E-state index is 13.0. The number of urea groups is 1. The van der Waals surface area contributed by atoms with Crippen LogP contribution >= 0.6 is 0 Å². The maximum Gasteiger partial charge on any atom is 0.319 e. The second-order valence-electron chi connectivity index (χ2n) is 7.69. The summed E-state index contributed by atoms with van der Waals surface area (Å²) in [5.41, 5.74) is 4.32. The second-order valence-corrected chi connectivity index (χ2v) is 7.69. The lowest BCUT2D eigenvalue weighted by molar-refractivity contribution is 0.248. The maximum atomic E-state index is 13.0. The van der Waals surface area contributed by atoms with Crippen LogP contribution in [0.4, 0.5) is 10.5 Å². The first-order chi connectivity index (χ1) is 16.2. The third kappa shape index (κ3) is 4.57. The third-order valence-corrected chi connectivity index (χ3v) is 5.32. The summed E-state index contributed by atoms with van der Waals surface area (Å²) in [6.07, 6.45) is 0.596. The Kier molecular flexibility index (Phi) is 5.50. The first kappa shape index (κ1) is 20.4. The predicted molar refractivity (Wildman–Crippen MR) is 125 cm³/mol. The van der Waals surface area contributed by atoms with E-state index in [9.17, 15) is 4.79 Å². The van der Waals surface area contributed by atoms with Crippen LogP contribution in [0.2, 0.25) is 0 Å². The summed E-state index contributed by atoms with van der Waals surface area (Å²) in [5.74, 6) is 1.32. The topological polar surface area (TPSA) is 113 Å².